The SMILES string of the molecule is CCOc1cc(-c2ccc(C3CCc4ccc(C(C5CC5)[C@H](C)C(=O)O)cc4O3)cc2CN2CCCC2)c(F)cn1. The molecule has 1 N–H and O–H groups in total. The van der Waals surface area contributed by atoms with Gasteiger partial charge in [0.2, 0.25) is 5.88 Å². The van der Waals surface area contributed by atoms with Gasteiger partial charge in [0, 0.05) is 18.2 Å². The summed E-state index contributed by atoms with van der Waals surface area (Å²) in [5, 5.41) is 9.74. The van der Waals surface area contributed by atoms with Crippen LogP contribution in [0.25, 0.3) is 11.1 Å². The van der Waals surface area contributed by atoms with Crippen LogP contribution in [0, 0.1) is 17.7 Å². The fourth-order valence-electron chi connectivity index (χ4n) is 6.65. The van der Waals surface area contributed by atoms with Gasteiger partial charge in [-0.05, 0) is 104 Å². The second-order valence-electron chi connectivity index (χ2n) is 11.8. The molecule has 2 fully saturated rings. The minimum Gasteiger partial charge on any atom is -0.485 e. The lowest BCUT2D eigenvalue weighted by Crippen LogP contribution is -2.22. The van der Waals surface area contributed by atoms with Crippen LogP contribution in [-0.2, 0) is 17.8 Å². The zero-order valence-electron chi connectivity index (χ0n) is 23.9. The summed E-state index contributed by atoms with van der Waals surface area (Å²) in [5.41, 5.74) is 5.74. The van der Waals surface area contributed by atoms with Gasteiger partial charge in [0.05, 0.1) is 18.7 Å². The van der Waals surface area contributed by atoms with Crippen LogP contribution in [0.4, 0.5) is 4.39 Å². The first-order chi connectivity index (χ1) is 19.9. The van der Waals surface area contributed by atoms with Crippen molar-refractivity contribution in [3.8, 4) is 22.8 Å². The van der Waals surface area contributed by atoms with Gasteiger partial charge in [0.15, 0.2) is 0 Å². The Labute approximate surface area is 241 Å². The molecule has 7 heteroatoms. The average molecular weight is 559 g/mol. The monoisotopic (exact) mass is 558 g/mol. The molecule has 2 aromatic carbocycles. The van der Waals surface area contributed by atoms with Gasteiger partial charge in [0.1, 0.15) is 17.7 Å². The molecule has 6 nitrogen and oxygen atoms in total. The lowest BCUT2D eigenvalue weighted by molar-refractivity contribution is -0.142. The Bertz CT molecular complexity index is 1420. The number of hydrogen-bond donors (Lipinski definition) is 1. The Morgan fingerprint density at radius 2 is 1.93 bits per heavy atom. The molecule has 2 aliphatic heterocycles. The molecule has 1 saturated heterocycles. The second-order valence-corrected chi connectivity index (χ2v) is 11.8. The average Bonchev–Trinajstić information content (AvgIpc) is 3.68. The minimum atomic E-state index is -0.747. The summed E-state index contributed by atoms with van der Waals surface area (Å²) in [6.07, 6.45) is 7.39. The Hall–Kier alpha value is -3.45. The van der Waals surface area contributed by atoms with E-state index in [4.69, 9.17) is 9.47 Å². The summed E-state index contributed by atoms with van der Waals surface area (Å²) < 4.78 is 27.3. The molecule has 216 valence electrons. The fourth-order valence-corrected chi connectivity index (χ4v) is 6.65. The summed E-state index contributed by atoms with van der Waals surface area (Å²) in [4.78, 5) is 18.4. The van der Waals surface area contributed by atoms with Crippen molar-refractivity contribution in [2.75, 3.05) is 19.7 Å². The van der Waals surface area contributed by atoms with Crippen molar-refractivity contribution in [2.45, 2.75) is 70.9 Å². The number of halogens is 1. The number of nitrogens with zero attached hydrogens (tertiary/aromatic N) is 2. The van der Waals surface area contributed by atoms with Crippen LogP contribution >= 0.6 is 0 Å². The highest BCUT2D eigenvalue weighted by atomic mass is 19.1. The van der Waals surface area contributed by atoms with Gasteiger partial charge < -0.3 is 14.6 Å². The number of aromatic nitrogens is 1. The number of rotatable bonds is 10. The van der Waals surface area contributed by atoms with Gasteiger partial charge in [-0.25, -0.2) is 9.37 Å². The molecule has 3 aliphatic rings. The maximum absolute atomic E-state index is 15.1. The molecule has 1 saturated carbocycles. The summed E-state index contributed by atoms with van der Waals surface area (Å²) in [6, 6.07) is 14.3. The third-order valence-electron chi connectivity index (χ3n) is 8.99. The van der Waals surface area contributed by atoms with Gasteiger partial charge in [-0.3, -0.25) is 9.69 Å². The zero-order valence-corrected chi connectivity index (χ0v) is 23.9. The van der Waals surface area contributed by atoms with E-state index in [-0.39, 0.29) is 17.8 Å². The highest BCUT2D eigenvalue weighted by Crippen LogP contribution is 2.48. The smallest absolute Gasteiger partial charge is 0.306 e. The Kier molecular flexibility index (Phi) is 7.98. The molecule has 1 aliphatic carbocycles. The number of aliphatic carboxylic acids is 1. The number of hydrogen-bond acceptors (Lipinski definition) is 5. The number of aryl methyl sites for hydroxylation is 1. The Morgan fingerprint density at radius 1 is 1.12 bits per heavy atom. The highest BCUT2D eigenvalue weighted by molar-refractivity contribution is 5.71. The molecule has 2 unspecified atom stereocenters. The van der Waals surface area contributed by atoms with E-state index < -0.39 is 11.9 Å². The maximum Gasteiger partial charge on any atom is 0.306 e. The van der Waals surface area contributed by atoms with E-state index in [0.29, 0.717) is 24.0 Å². The molecule has 0 radical (unpaired) electrons. The molecular formula is C34H39FN2O4. The normalized spacial score (nSPS) is 20.2. The predicted octanol–water partition coefficient (Wildman–Crippen LogP) is 7.16. The van der Waals surface area contributed by atoms with E-state index in [1.165, 1.54) is 24.6 Å². The molecule has 1 aromatic heterocycles. The molecule has 0 spiro atoms. The summed E-state index contributed by atoms with van der Waals surface area (Å²) in [6.45, 7) is 7.01. The Balaban J connectivity index is 1.31. The van der Waals surface area contributed by atoms with Crippen molar-refractivity contribution < 1.29 is 23.8 Å². The van der Waals surface area contributed by atoms with Crippen LogP contribution in [0.2, 0.25) is 0 Å². The molecule has 41 heavy (non-hydrogen) atoms. The molecule has 3 aromatic rings. The van der Waals surface area contributed by atoms with E-state index in [2.05, 4.69) is 40.2 Å². The van der Waals surface area contributed by atoms with Crippen molar-refractivity contribution in [3.05, 3.63) is 76.7 Å². The van der Waals surface area contributed by atoms with Crippen molar-refractivity contribution in [1.29, 1.82) is 0 Å². The third kappa shape index (κ3) is 5.96. The number of benzene rings is 2. The number of pyridine rings is 1. The van der Waals surface area contributed by atoms with E-state index in [1.54, 1.807) is 6.07 Å². The first-order valence-corrected chi connectivity index (χ1v) is 15.1. The van der Waals surface area contributed by atoms with Gasteiger partial charge in [0.25, 0.3) is 0 Å². The first-order valence-electron chi connectivity index (χ1n) is 15.1. The predicted molar refractivity (Wildman–Crippen MR) is 156 cm³/mol. The molecular weight excluding hydrogens is 519 g/mol. The molecule has 3 heterocycles. The van der Waals surface area contributed by atoms with E-state index in [1.807, 2.05) is 19.9 Å². The number of carboxylic acids is 1. The van der Waals surface area contributed by atoms with E-state index in [9.17, 15) is 9.90 Å². The van der Waals surface area contributed by atoms with Gasteiger partial charge >= 0.3 is 5.97 Å². The standard InChI is InChI=1S/C34H39FN2O4/c1-3-40-32-18-28(29(35)19-36-32)27-12-10-24(16-26(27)20-37-14-4-5-15-37)30-13-11-22-6-9-25(17-31(22)41-30)33(23-7-8-23)21(2)34(38)39/h6,9-10,12,16-19,21,23,30,33H,3-5,7-8,11,13-15,20H2,1-2H3,(H,38,39)/t21-,30?,33?/m0/s1. The van der Waals surface area contributed by atoms with Crippen LogP contribution < -0.4 is 9.47 Å². The van der Waals surface area contributed by atoms with Gasteiger partial charge in [-0.1, -0.05) is 37.3 Å². The number of fused-ring (bicyclic) bond motifs is 1. The zero-order chi connectivity index (χ0) is 28.5. The van der Waals surface area contributed by atoms with Crippen molar-refractivity contribution >= 4 is 5.97 Å². The number of likely N-dealkylation sites (tertiary alicyclic amines) is 1. The van der Waals surface area contributed by atoms with E-state index >= 15 is 4.39 Å². The van der Waals surface area contributed by atoms with Crippen LogP contribution in [0.5, 0.6) is 11.6 Å². The lowest BCUT2D eigenvalue weighted by Gasteiger charge is -2.29. The minimum absolute atomic E-state index is 0.00459. The maximum atomic E-state index is 15.1. The van der Waals surface area contributed by atoms with Crippen LogP contribution in [0.3, 0.4) is 0 Å². The summed E-state index contributed by atoms with van der Waals surface area (Å²) in [5.74, 6) is 0.167. The largest absolute Gasteiger partial charge is 0.485 e. The Morgan fingerprint density at radius 3 is 2.66 bits per heavy atom. The van der Waals surface area contributed by atoms with Crippen LogP contribution in [-0.4, -0.2) is 40.7 Å². The molecule has 0 amide bonds. The van der Waals surface area contributed by atoms with Crippen LogP contribution in [0.1, 0.15) is 80.2 Å². The third-order valence-corrected chi connectivity index (χ3v) is 8.99. The fraction of sp³-hybridized carbons (Fsp3) is 0.471. The quantitative estimate of drug-likeness (QED) is 0.285. The topological polar surface area (TPSA) is 71.9 Å². The summed E-state index contributed by atoms with van der Waals surface area (Å²) >= 11 is 0. The van der Waals surface area contributed by atoms with Gasteiger partial charge in [-0.2, -0.15) is 0 Å². The molecule has 3 atom stereocenters. The number of carbonyl (C=O) groups is 1. The van der Waals surface area contributed by atoms with Gasteiger partial charge in [-0.15, -0.1) is 0 Å². The van der Waals surface area contributed by atoms with Crippen molar-refractivity contribution in [1.82, 2.24) is 9.88 Å². The van der Waals surface area contributed by atoms with Crippen LogP contribution in [0.15, 0.2) is 48.7 Å². The van der Waals surface area contributed by atoms with Crippen molar-refractivity contribution in [2.24, 2.45) is 11.8 Å². The first kappa shape index (κ1) is 27.7. The summed E-state index contributed by atoms with van der Waals surface area (Å²) in [7, 11) is 0. The molecule has 0 bridgehead atoms. The number of ether oxygens (including phenoxy) is 2. The second kappa shape index (κ2) is 11.8. The number of carboxylic acid groups (broad SMARTS) is 1. The lowest BCUT2D eigenvalue weighted by atomic mass is 9.82. The highest BCUT2D eigenvalue weighted by Gasteiger charge is 2.39. The molecule has 6 rings (SSSR count). The van der Waals surface area contributed by atoms with E-state index in [0.717, 1.165) is 73.3 Å². The van der Waals surface area contributed by atoms with Crippen molar-refractivity contribution in [3.63, 3.8) is 0 Å².